The van der Waals surface area contributed by atoms with E-state index >= 15 is 0 Å². The third-order valence-electron chi connectivity index (χ3n) is 3.35. The van der Waals surface area contributed by atoms with E-state index in [1.54, 1.807) is 6.07 Å². The Kier molecular flexibility index (Phi) is 3.55. The summed E-state index contributed by atoms with van der Waals surface area (Å²) in [6.07, 6.45) is 0. The average molecular weight is 308 g/mol. The molecule has 21 heavy (non-hydrogen) atoms. The molecule has 0 radical (unpaired) electrons. The fourth-order valence-electron chi connectivity index (χ4n) is 2.20. The molecule has 0 atom stereocenters. The molecule has 108 valence electrons. The molecule has 0 unspecified atom stereocenters. The summed E-state index contributed by atoms with van der Waals surface area (Å²) >= 11 is 6.06. The van der Waals surface area contributed by atoms with Crippen LogP contribution in [0.5, 0.6) is 0 Å². The van der Waals surface area contributed by atoms with Crippen LogP contribution in [0, 0.1) is 18.6 Å². The third kappa shape index (κ3) is 2.59. The monoisotopic (exact) mass is 307 g/mol. The van der Waals surface area contributed by atoms with Crippen molar-refractivity contribution in [1.29, 1.82) is 0 Å². The van der Waals surface area contributed by atoms with E-state index in [0.717, 1.165) is 17.5 Å². The van der Waals surface area contributed by atoms with Crippen LogP contribution in [0.3, 0.4) is 0 Å². The fraction of sp³-hybridized carbons (Fsp3) is 0.125. The molecule has 2 aromatic carbocycles. The summed E-state index contributed by atoms with van der Waals surface area (Å²) in [5, 5.41) is 3.95. The van der Waals surface area contributed by atoms with Crippen molar-refractivity contribution in [3.8, 4) is 0 Å². The van der Waals surface area contributed by atoms with Gasteiger partial charge in [0.1, 0.15) is 17.2 Å². The molecule has 1 aromatic heterocycles. The lowest BCUT2D eigenvalue weighted by molar-refractivity contribution is 0.594. The van der Waals surface area contributed by atoms with E-state index < -0.39 is 11.6 Å². The normalized spacial score (nSPS) is 11.0. The number of rotatable bonds is 3. The van der Waals surface area contributed by atoms with E-state index in [0.29, 0.717) is 11.1 Å². The van der Waals surface area contributed by atoms with Crippen LogP contribution in [0.4, 0.5) is 14.5 Å². The molecular weight excluding hydrogens is 296 g/mol. The van der Waals surface area contributed by atoms with Gasteiger partial charge in [0, 0.05) is 23.6 Å². The number of hydrogen-bond acceptors (Lipinski definition) is 2. The summed E-state index contributed by atoms with van der Waals surface area (Å²) in [5.41, 5.74) is 1.74. The maximum Gasteiger partial charge on any atom is 0.199 e. The Morgan fingerprint density at radius 3 is 2.71 bits per heavy atom. The molecule has 2 nitrogen and oxygen atoms in total. The topological polar surface area (TPSA) is 25.2 Å². The van der Waals surface area contributed by atoms with Gasteiger partial charge in [-0.2, -0.15) is 0 Å². The van der Waals surface area contributed by atoms with Gasteiger partial charge in [-0.15, -0.1) is 0 Å². The molecule has 1 N–H and O–H groups in total. The third-order valence-corrected chi connectivity index (χ3v) is 3.66. The molecule has 0 amide bonds. The number of aryl methyl sites for hydroxylation is 1. The van der Waals surface area contributed by atoms with Gasteiger partial charge in [0.2, 0.25) is 0 Å². The number of halogens is 3. The predicted molar refractivity (Wildman–Crippen MR) is 79.6 cm³/mol. The van der Waals surface area contributed by atoms with Crippen LogP contribution in [0.15, 0.2) is 40.8 Å². The molecule has 0 saturated carbocycles. The lowest BCUT2D eigenvalue weighted by Crippen LogP contribution is -2.02. The Morgan fingerprint density at radius 2 is 1.90 bits per heavy atom. The zero-order chi connectivity index (χ0) is 15.0. The lowest BCUT2D eigenvalue weighted by Gasteiger charge is -2.08. The number of para-hydroxylation sites is 1. The molecule has 3 rings (SSSR count). The Hall–Kier alpha value is -2.07. The summed E-state index contributed by atoms with van der Waals surface area (Å²) in [7, 11) is 0. The van der Waals surface area contributed by atoms with Crippen molar-refractivity contribution >= 4 is 28.3 Å². The number of hydrogen-bond donors (Lipinski definition) is 1. The zero-order valence-electron chi connectivity index (χ0n) is 11.2. The number of benzene rings is 2. The van der Waals surface area contributed by atoms with Gasteiger partial charge in [0.25, 0.3) is 0 Å². The molecular formula is C16H12ClF2NO. The quantitative estimate of drug-likeness (QED) is 0.711. The minimum absolute atomic E-state index is 0.0967. The van der Waals surface area contributed by atoms with Crippen LogP contribution in [0.2, 0.25) is 5.22 Å². The second kappa shape index (κ2) is 5.37. The number of anilines is 1. The van der Waals surface area contributed by atoms with E-state index in [9.17, 15) is 8.78 Å². The van der Waals surface area contributed by atoms with E-state index in [1.807, 2.05) is 18.2 Å². The van der Waals surface area contributed by atoms with Crippen molar-refractivity contribution in [1.82, 2.24) is 0 Å². The molecule has 0 saturated heterocycles. The first kappa shape index (κ1) is 13.9. The molecule has 0 aliphatic heterocycles. The predicted octanol–water partition coefficient (Wildman–Crippen LogP) is 5.28. The first-order chi connectivity index (χ1) is 10.1. The number of fused-ring (bicyclic) bond motifs is 1. The number of furan rings is 1. The highest BCUT2D eigenvalue weighted by molar-refractivity contribution is 6.30. The molecule has 0 fully saturated rings. The maximum atomic E-state index is 13.8. The van der Waals surface area contributed by atoms with Gasteiger partial charge in [-0.05, 0) is 36.2 Å². The minimum Gasteiger partial charge on any atom is -0.444 e. The Morgan fingerprint density at radius 1 is 1.14 bits per heavy atom. The Bertz CT molecular complexity index is 813. The summed E-state index contributed by atoms with van der Waals surface area (Å²) in [6.45, 7) is 1.76. The van der Waals surface area contributed by atoms with Crippen molar-refractivity contribution in [2.75, 3.05) is 5.32 Å². The van der Waals surface area contributed by atoms with Crippen molar-refractivity contribution < 1.29 is 13.2 Å². The summed E-state index contributed by atoms with van der Waals surface area (Å²) in [6, 6.07) is 9.68. The van der Waals surface area contributed by atoms with Gasteiger partial charge in [-0.25, -0.2) is 8.78 Å². The van der Waals surface area contributed by atoms with Gasteiger partial charge >= 0.3 is 0 Å². The lowest BCUT2D eigenvalue weighted by atomic mass is 10.1. The molecule has 0 spiro atoms. The second-order valence-corrected chi connectivity index (χ2v) is 5.13. The number of nitrogens with one attached hydrogen (secondary N) is 1. The average Bonchev–Trinajstić information content (AvgIpc) is 2.77. The standard InChI is InChI=1S/C16H12ClF2NO/c1-9-6-13(19)14(7-12(9)18)20-8-11-10-4-2-3-5-15(10)21-16(11)17/h2-7,20H,8H2,1H3. The molecule has 3 aromatic rings. The molecule has 5 heteroatoms. The van der Waals surface area contributed by atoms with Crippen LogP contribution in [-0.2, 0) is 6.54 Å². The van der Waals surface area contributed by atoms with Crippen molar-refractivity contribution in [2.24, 2.45) is 0 Å². The largest absolute Gasteiger partial charge is 0.444 e. The van der Waals surface area contributed by atoms with Gasteiger partial charge in [0.05, 0.1) is 5.69 Å². The highest BCUT2D eigenvalue weighted by Gasteiger charge is 2.13. The SMILES string of the molecule is Cc1cc(F)c(NCc2c(Cl)oc3ccccc23)cc1F. The van der Waals surface area contributed by atoms with E-state index in [1.165, 1.54) is 6.92 Å². The molecule has 1 heterocycles. The van der Waals surface area contributed by atoms with Gasteiger partial charge in [-0.3, -0.25) is 0 Å². The summed E-state index contributed by atoms with van der Waals surface area (Å²) < 4.78 is 32.7. The first-order valence-corrected chi connectivity index (χ1v) is 6.79. The van der Waals surface area contributed by atoms with Crippen LogP contribution >= 0.6 is 11.6 Å². The summed E-state index contributed by atoms with van der Waals surface area (Å²) in [4.78, 5) is 0. The smallest absolute Gasteiger partial charge is 0.199 e. The first-order valence-electron chi connectivity index (χ1n) is 6.41. The van der Waals surface area contributed by atoms with Gasteiger partial charge in [0.15, 0.2) is 5.22 Å². The minimum atomic E-state index is -0.502. The van der Waals surface area contributed by atoms with E-state index in [-0.39, 0.29) is 23.0 Å². The van der Waals surface area contributed by atoms with E-state index in [2.05, 4.69) is 5.32 Å². The fourth-order valence-corrected chi connectivity index (χ4v) is 2.45. The van der Waals surface area contributed by atoms with Crippen LogP contribution in [-0.4, -0.2) is 0 Å². The molecule has 0 aliphatic carbocycles. The van der Waals surface area contributed by atoms with Gasteiger partial charge in [-0.1, -0.05) is 18.2 Å². The van der Waals surface area contributed by atoms with Crippen molar-refractivity contribution in [2.45, 2.75) is 13.5 Å². The maximum absolute atomic E-state index is 13.8. The second-order valence-electron chi connectivity index (χ2n) is 4.79. The highest BCUT2D eigenvalue weighted by atomic mass is 35.5. The van der Waals surface area contributed by atoms with Crippen molar-refractivity contribution in [3.05, 3.63) is 64.4 Å². The van der Waals surface area contributed by atoms with Gasteiger partial charge < -0.3 is 9.73 Å². The van der Waals surface area contributed by atoms with Crippen molar-refractivity contribution in [3.63, 3.8) is 0 Å². The van der Waals surface area contributed by atoms with Crippen LogP contribution < -0.4 is 5.32 Å². The van der Waals surface area contributed by atoms with Crippen LogP contribution in [0.25, 0.3) is 11.0 Å². The highest BCUT2D eigenvalue weighted by Crippen LogP contribution is 2.30. The summed E-state index contributed by atoms with van der Waals surface area (Å²) in [5.74, 6) is -0.958. The van der Waals surface area contributed by atoms with Crippen LogP contribution in [0.1, 0.15) is 11.1 Å². The molecule has 0 bridgehead atoms. The zero-order valence-corrected chi connectivity index (χ0v) is 12.0. The Labute approximate surface area is 125 Å². The molecule has 0 aliphatic rings. The Balaban J connectivity index is 1.90. The van der Waals surface area contributed by atoms with E-state index in [4.69, 9.17) is 16.0 Å².